The number of hydrogen-bond acceptors (Lipinski definition) is 9. The number of carboxylic acids is 2. The zero-order valence-electron chi connectivity index (χ0n) is 17.4. The summed E-state index contributed by atoms with van der Waals surface area (Å²) in [6.45, 7) is -1.13. The molecule has 0 spiro atoms. The molecule has 0 saturated heterocycles. The van der Waals surface area contributed by atoms with Crippen LogP contribution in [-0.4, -0.2) is 92.6 Å². The van der Waals surface area contributed by atoms with E-state index in [1.807, 2.05) is 0 Å². The van der Waals surface area contributed by atoms with Crippen molar-refractivity contribution in [3.05, 3.63) is 51.5 Å². The Hall–Kier alpha value is -3.87. The molecule has 18 heteroatoms. The summed E-state index contributed by atoms with van der Waals surface area (Å²) in [5.41, 5.74) is -2.90. The van der Waals surface area contributed by atoms with Crippen LogP contribution in [0.5, 0.6) is 0 Å². The molecule has 2 heterocycles. The second-order valence-electron chi connectivity index (χ2n) is 6.74. The number of rotatable bonds is 11. The lowest BCUT2D eigenvalue weighted by molar-refractivity contribution is -0.129. The number of aromatic carboxylic acids is 1. The molecule has 16 nitrogen and oxygen atoms in total. The quantitative estimate of drug-likeness (QED) is 0.123. The van der Waals surface area contributed by atoms with Gasteiger partial charge in [0.2, 0.25) is 0 Å². The topological polar surface area (TPSA) is 254 Å². The van der Waals surface area contributed by atoms with Crippen LogP contribution in [0, 0.1) is 0 Å². The van der Waals surface area contributed by atoms with Crippen LogP contribution >= 0.6 is 0 Å². The fourth-order valence-electron chi connectivity index (χ4n) is 2.67. The second-order valence-corrected chi connectivity index (χ2v) is 9.89. The number of hydrazone groups is 1. The summed E-state index contributed by atoms with van der Waals surface area (Å²) >= 11 is 0. The second kappa shape index (κ2) is 10.6. The highest BCUT2D eigenvalue weighted by Crippen LogP contribution is 2.16. The predicted octanol–water partition coefficient (Wildman–Crippen LogP) is -1.57. The number of aromatic nitrogens is 2. The Balaban J connectivity index is 2.24. The highest BCUT2D eigenvalue weighted by Gasteiger charge is 2.34. The number of aromatic amines is 1. The Morgan fingerprint density at radius 1 is 0.914 bits per heavy atom. The highest BCUT2D eigenvalue weighted by molar-refractivity contribution is 7.86. The fraction of sp³-hybridized carbons (Fsp3) is 0.235. The van der Waals surface area contributed by atoms with Crippen molar-refractivity contribution in [1.82, 2.24) is 14.8 Å². The fourth-order valence-corrected chi connectivity index (χ4v) is 3.49. The van der Waals surface area contributed by atoms with E-state index in [4.69, 9.17) is 9.11 Å². The van der Waals surface area contributed by atoms with E-state index in [0.29, 0.717) is 9.69 Å². The molecule has 0 aromatic carbocycles. The van der Waals surface area contributed by atoms with E-state index in [1.54, 1.807) is 0 Å². The van der Waals surface area contributed by atoms with Gasteiger partial charge in [-0.2, -0.15) is 21.9 Å². The van der Waals surface area contributed by atoms with Gasteiger partial charge in [-0.15, -0.1) is 0 Å². The Morgan fingerprint density at radius 2 is 1.51 bits per heavy atom. The van der Waals surface area contributed by atoms with E-state index < -0.39 is 85.2 Å². The van der Waals surface area contributed by atoms with Crippen LogP contribution in [0.1, 0.15) is 16.1 Å². The molecule has 1 aromatic heterocycles. The van der Waals surface area contributed by atoms with Crippen molar-refractivity contribution in [2.45, 2.75) is 6.54 Å². The third kappa shape index (κ3) is 7.57. The molecule has 190 valence electrons. The van der Waals surface area contributed by atoms with Gasteiger partial charge in [0, 0.05) is 0 Å². The number of allylic oxidation sites excluding steroid dienone is 4. The number of aliphatic carboxylic acids is 1. The zero-order valence-corrected chi connectivity index (χ0v) is 19.1. The van der Waals surface area contributed by atoms with Gasteiger partial charge in [-0.3, -0.25) is 28.5 Å². The van der Waals surface area contributed by atoms with E-state index in [9.17, 15) is 46.2 Å². The molecule has 1 amide bonds. The van der Waals surface area contributed by atoms with Crippen molar-refractivity contribution in [2.24, 2.45) is 5.10 Å². The lowest BCUT2D eigenvalue weighted by Gasteiger charge is -2.09. The first-order valence-electron chi connectivity index (χ1n) is 9.26. The number of carbonyl (C=O) groups excluding carboxylic acids is 1. The van der Waals surface area contributed by atoms with Gasteiger partial charge < -0.3 is 10.2 Å². The van der Waals surface area contributed by atoms with Crippen molar-refractivity contribution >= 4 is 49.9 Å². The van der Waals surface area contributed by atoms with Gasteiger partial charge in [0.05, 0.1) is 35.7 Å². The van der Waals surface area contributed by atoms with Crippen LogP contribution in [0.3, 0.4) is 0 Å². The normalized spacial score (nSPS) is 16.1. The molecule has 1 aromatic rings. The third-order valence-corrected chi connectivity index (χ3v) is 5.63. The number of nitrogens with one attached hydrogen (secondary N) is 1. The van der Waals surface area contributed by atoms with Gasteiger partial charge in [0.15, 0.2) is 11.4 Å². The Kier molecular flexibility index (Phi) is 8.28. The molecule has 0 bridgehead atoms. The zero-order chi connectivity index (χ0) is 26.6. The first-order valence-corrected chi connectivity index (χ1v) is 12.5. The Labute approximate surface area is 196 Å². The van der Waals surface area contributed by atoms with Gasteiger partial charge in [0.25, 0.3) is 31.7 Å². The average Bonchev–Trinajstić information content (AvgIpc) is 3.21. The molecule has 1 aliphatic rings. The number of aryl methyl sites for hydroxylation is 1. The molecule has 0 unspecified atom stereocenters. The molecule has 0 saturated carbocycles. The highest BCUT2D eigenvalue weighted by atomic mass is 32.2. The standard InChI is InChI=1S/C17H18N4O12S2/c22-14-10(12(16(24)25)18-20(14)6-8-34(28,29)30)4-2-1-3-5-11-13(17(26)27)19-21(15(11)23)7-9-35(31,32)33/h1-5,18H,6-9H2,(H,24,25)(H,26,27)(H,28,29,30)(H,31,32,33). The molecule has 0 aliphatic carbocycles. The SMILES string of the molecule is O=C(O)C1=NN(CCS(=O)(=O)O)C(=O)C1=CC=CC=Cc1c(C(=O)O)[nH]n(CCS(=O)(=O)O)c1=O. The summed E-state index contributed by atoms with van der Waals surface area (Å²) in [6, 6.07) is 0. The van der Waals surface area contributed by atoms with Gasteiger partial charge >= 0.3 is 11.9 Å². The molecule has 0 atom stereocenters. The van der Waals surface area contributed by atoms with E-state index in [1.165, 1.54) is 18.2 Å². The molecule has 35 heavy (non-hydrogen) atoms. The van der Waals surface area contributed by atoms with Crippen molar-refractivity contribution < 1.29 is 50.5 Å². The van der Waals surface area contributed by atoms with Crippen LogP contribution in [0.4, 0.5) is 0 Å². The number of amides is 1. The van der Waals surface area contributed by atoms with Crippen LogP contribution in [0.15, 0.2) is 39.8 Å². The van der Waals surface area contributed by atoms with Crippen LogP contribution in [0.25, 0.3) is 6.08 Å². The minimum absolute atomic E-state index is 0.355. The lowest BCUT2D eigenvalue weighted by atomic mass is 10.1. The maximum absolute atomic E-state index is 12.3. The van der Waals surface area contributed by atoms with Crippen molar-refractivity contribution in [1.29, 1.82) is 0 Å². The monoisotopic (exact) mass is 534 g/mol. The van der Waals surface area contributed by atoms with E-state index in [-0.39, 0.29) is 5.56 Å². The molecule has 5 N–H and O–H groups in total. The maximum Gasteiger partial charge on any atom is 0.357 e. The van der Waals surface area contributed by atoms with Crippen molar-refractivity contribution in [3.63, 3.8) is 0 Å². The number of hydrogen-bond donors (Lipinski definition) is 5. The summed E-state index contributed by atoms with van der Waals surface area (Å²) in [6.07, 6.45) is 5.64. The van der Waals surface area contributed by atoms with Crippen molar-refractivity contribution in [3.8, 4) is 0 Å². The van der Waals surface area contributed by atoms with Gasteiger partial charge in [-0.05, 0) is 12.2 Å². The first kappa shape index (κ1) is 27.4. The van der Waals surface area contributed by atoms with Gasteiger partial charge in [-0.1, -0.05) is 18.2 Å². The number of carboxylic acid groups (broad SMARTS) is 2. The maximum atomic E-state index is 12.3. The third-order valence-electron chi connectivity index (χ3n) is 4.23. The largest absolute Gasteiger partial charge is 0.477 e. The van der Waals surface area contributed by atoms with Crippen molar-refractivity contribution in [2.75, 3.05) is 18.1 Å². The van der Waals surface area contributed by atoms with Crippen LogP contribution in [0.2, 0.25) is 0 Å². The minimum Gasteiger partial charge on any atom is -0.477 e. The summed E-state index contributed by atoms with van der Waals surface area (Å²) in [4.78, 5) is 47.3. The molecule has 0 radical (unpaired) electrons. The van der Waals surface area contributed by atoms with Gasteiger partial charge in [0.1, 0.15) is 0 Å². The molecular weight excluding hydrogens is 516 g/mol. The molecule has 0 fully saturated rings. The smallest absolute Gasteiger partial charge is 0.357 e. The molecule has 2 rings (SSSR count). The summed E-state index contributed by atoms with van der Waals surface area (Å²) in [5, 5.41) is 24.7. The van der Waals surface area contributed by atoms with Gasteiger partial charge in [-0.25, -0.2) is 14.6 Å². The Morgan fingerprint density at radius 3 is 2.06 bits per heavy atom. The number of carbonyl (C=O) groups is 3. The van der Waals surface area contributed by atoms with Crippen LogP contribution in [-0.2, 0) is 36.4 Å². The molecule has 1 aliphatic heterocycles. The minimum atomic E-state index is -4.43. The molecular formula is C17H18N4O12S2. The number of H-pyrrole nitrogens is 1. The average molecular weight is 534 g/mol. The summed E-state index contributed by atoms with van der Waals surface area (Å²) < 4.78 is 61.6. The summed E-state index contributed by atoms with van der Waals surface area (Å²) in [7, 11) is -8.84. The van der Waals surface area contributed by atoms with E-state index in [2.05, 4.69) is 10.2 Å². The number of nitrogens with zero attached hydrogens (tertiary/aromatic N) is 3. The first-order chi connectivity index (χ1) is 16.1. The predicted molar refractivity (Wildman–Crippen MR) is 118 cm³/mol. The Bertz CT molecular complexity index is 1440. The van der Waals surface area contributed by atoms with E-state index in [0.717, 1.165) is 12.2 Å². The summed E-state index contributed by atoms with van der Waals surface area (Å²) in [5.74, 6) is -5.76. The van der Waals surface area contributed by atoms with E-state index >= 15 is 0 Å². The van der Waals surface area contributed by atoms with Crippen LogP contribution < -0.4 is 5.56 Å². The lowest BCUT2D eigenvalue weighted by Crippen LogP contribution is -2.28.